The molecule has 0 spiro atoms. The van der Waals surface area contributed by atoms with E-state index in [1.165, 1.54) is 0 Å². The van der Waals surface area contributed by atoms with Crippen LogP contribution < -0.4 is 10.1 Å². The van der Waals surface area contributed by atoms with E-state index in [4.69, 9.17) is 16.3 Å². The lowest BCUT2D eigenvalue weighted by Crippen LogP contribution is -2.03. The number of benzene rings is 1. The molecular weight excluding hydrogens is 316 g/mol. The molecule has 0 aliphatic carbocycles. The van der Waals surface area contributed by atoms with Crippen molar-refractivity contribution in [2.45, 2.75) is 6.54 Å². The summed E-state index contributed by atoms with van der Waals surface area (Å²) in [5.74, 6) is 0.621. The second-order valence-electron chi connectivity index (χ2n) is 3.65. The zero-order valence-electron chi connectivity index (χ0n) is 9.78. The Morgan fingerprint density at radius 3 is 3.00 bits per heavy atom. The first-order valence-corrected chi connectivity index (χ1v) is 6.54. The van der Waals surface area contributed by atoms with Gasteiger partial charge in [-0.3, -0.25) is 0 Å². The van der Waals surface area contributed by atoms with Crippen LogP contribution in [0.5, 0.6) is 5.88 Å². The van der Waals surface area contributed by atoms with Crippen LogP contribution in [0.1, 0.15) is 5.56 Å². The molecule has 0 aliphatic rings. The number of methoxy groups -OCH3 is 1. The average Bonchev–Trinajstić information content (AvgIpc) is 2.40. The largest absolute Gasteiger partial charge is 0.481 e. The maximum absolute atomic E-state index is 6.11. The number of rotatable bonds is 4. The summed E-state index contributed by atoms with van der Waals surface area (Å²) in [4.78, 5) is 4.14. The van der Waals surface area contributed by atoms with E-state index in [2.05, 4.69) is 26.2 Å². The quantitative estimate of drug-likeness (QED) is 0.917. The van der Waals surface area contributed by atoms with Crippen molar-refractivity contribution < 1.29 is 4.74 Å². The van der Waals surface area contributed by atoms with Crippen molar-refractivity contribution in [3.8, 4) is 5.88 Å². The van der Waals surface area contributed by atoms with Gasteiger partial charge in [0.05, 0.1) is 17.8 Å². The first-order valence-electron chi connectivity index (χ1n) is 5.37. The van der Waals surface area contributed by atoms with Crippen molar-refractivity contribution >= 4 is 33.2 Å². The number of halogens is 2. The molecule has 1 aromatic heterocycles. The van der Waals surface area contributed by atoms with Gasteiger partial charge in [0, 0.05) is 22.8 Å². The van der Waals surface area contributed by atoms with Crippen molar-refractivity contribution in [1.29, 1.82) is 0 Å². The van der Waals surface area contributed by atoms with Crippen molar-refractivity contribution in [3.63, 3.8) is 0 Å². The summed E-state index contributed by atoms with van der Waals surface area (Å²) in [6.45, 7) is 0.604. The third-order valence-corrected chi connectivity index (χ3v) is 3.26. The van der Waals surface area contributed by atoms with E-state index in [1.807, 2.05) is 30.3 Å². The van der Waals surface area contributed by atoms with Crippen LogP contribution in [-0.2, 0) is 6.54 Å². The predicted octanol–water partition coefficient (Wildman–Crippen LogP) is 4.12. The Hall–Kier alpha value is -1.26. The van der Waals surface area contributed by atoms with E-state index in [0.29, 0.717) is 17.4 Å². The zero-order chi connectivity index (χ0) is 13.0. The molecule has 94 valence electrons. The van der Waals surface area contributed by atoms with Gasteiger partial charge in [0.25, 0.3) is 0 Å². The van der Waals surface area contributed by atoms with Crippen molar-refractivity contribution in [2.24, 2.45) is 0 Å². The number of pyridine rings is 1. The highest BCUT2D eigenvalue weighted by Gasteiger charge is 2.05. The first-order chi connectivity index (χ1) is 8.70. The zero-order valence-corrected chi connectivity index (χ0v) is 12.1. The smallest absolute Gasteiger partial charge is 0.218 e. The van der Waals surface area contributed by atoms with Gasteiger partial charge in [-0.05, 0) is 24.3 Å². The normalized spacial score (nSPS) is 10.2. The van der Waals surface area contributed by atoms with Gasteiger partial charge in [-0.1, -0.05) is 33.6 Å². The van der Waals surface area contributed by atoms with Gasteiger partial charge in [0.2, 0.25) is 5.88 Å². The molecule has 0 unspecified atom stereocenters. The van der Waals surface area contributed by atoms with Gasteiger partial charge >= 0.3 is 0 Å². The lowest BCUT2D eigenvalue weighted by atomic mass is 10.2. The van der Waals surface area contributed by atoms with Crippen LogP contribution in [0.3, 0.4) is 0 Å². The summed E-state index contributed by atoms with van der Waals surface area (Å²) in [7, 11) is 1.61. The average molecular weight is 328 g/mol. The lowest BCUT2D eigenvalue weighted by molar-refractivity contribution is 0.393. The first kappa shape index (κ1) is 13.2. The number of nitrogens with one attached hydrogen (secondary N) is 1. The molecule has 5 heteroatoms. The number of nitrogens with zero attached hydrogens (tertiary/aromatic N) is 1. The molecule has 0 bridgehead atoms. The van der Waals surface area contributed by atoms with E-state index in [1.54, 1.807) is 13.3 Å². The molecule has 1 aromatic carbocycles. The summed E-state index contributed by atoms with van der Waals surface area (Å²) in [6, 6.07) is 9.52. The molecule has 3 nitrogen and oxygen atoms in total. The Bertz CT molecular complexity index is 548. The van der Waals surface area contributed by atoms with Crippen LogP contribution in [0.2, 0.25) is 5.02 Å². The van der Waals surface area contributed by atoms with Crippen molar-refractivity contribution in [1.82, 2.24) is 4.98 Å². The maximum atomic E-state index is 6.11. The number of aromatic nitrogens is 1. The highest BCUT2D eigenvalue weighted by atomic mass is 79.9. The molecule has 18 heavy (non-hydrogen) atoms. The summed E-state index contributed by atoms with van der Waals surface area (Å²) < 4.78 is 6.17. The fraction of sp³-hybridized carbons (Fsp3) is 0.154. The third kappa shape index (κ3) is 3.15. The fourth-order valence-corrected chi connectivity index (χ4v) is 2.11. The Labute approximate surface area is 119 Å². The topological polar surface area (TPSA) is 34.1 Å². The van der Waals surface area contributed by atoms with Gasteiger partial charge < -0.3 is 10.1 Å². The minimum absolute atomic E-state index is 0.604. The lowest BCUT2D eigenvalue weighted by Gasteiger charge is -2.11. The molecule has 0 saturated heterocycles. The number of hydrogen-bond acceptors (Lipinski definition) is 3. The molecule has 0 atom stereocenters. The molecule has 1 N–H and O–H groups in total. The van der Waals surface area contributed by atoms with Gasteiger partial charge in [-0.25, -0.2) is 4.98 Å². The highest BCUT2D eigenvalue weighted by Crippen LogP contribution is 2.26. The Balaban J connectivity index is 2.14. The Morgan fingerprint density at radius 1 is 1.39 bits per heavy atom. The van der Waals surface area contributed by atoms with E-state index in [0.717, 1.165) is 15.7 Å². The number of ether oxygens (including phenoxy) is 1. The monoisotopic (exact) mass is 326 g/mol. The van der Waals surface area contributed by atoms with Crippen LogP contribution in [-0.4, -0.2) is 12.1 Å². The fourth-order valence-electron chi connectivity index (χ4n) is 1.57. The molecule has 2 aromatic rings. The molecule has 0 saturated carbocycles. The standard InChI is InChI=1S/C13H12BrClN2O/c1-18-13-9(3-2-6-16-13)8-17-12-7-10(14)4-5-11(12)15/h2-7,17H,8H2,1H3. The number of anilines is 1. The van der Waals surface area contributed by atoms with Crippen LogP contribution in [0.4, 0.5) is 5.69 Å². The third-order valence-electron chi connectivity index (χ3n) is 2.44. The maximum Gasteiger partial charge on any atom is 0.218 e. The highest BCUT2D eigenvalue weighted by molar-refractivity contribution is 9.10. The molecule has 1 heterocycles. The molecule has 0 aliphatic heterocycles. The molecular formula is C13H12BrClN2O. The van der Waals surface area contributed by atoms with Gasteiger partial charge in [0.15, 0.2) is 0 Å². The summed E-state index contributed by atoms with van der Waals surface area (Å²) in [6.07, 6.45) is 1.70. The second kappa shape index (κ2) is 6.07. The summed E-state index contributed by atoms with van der Waals surface area (Å²) in [5.41, 5.74) is 1.85. The van der Waals surface area contributed by atoms with Crippen LogP contribution >= 0.6 is 27.5 Å². The predicted molar refractivity (Wildman–Crippen MR) is 77.3 cm³/mol. The minimum atomic E-state index is 0.604. The Morgan fingerprint density at radius 2 is 2.22 bits per heavy atom. The van der Waals surface area contributed by atoms with Crippen molar-refractivity contribution in [3.05, 3.63) is 51.6 Å². The molecule has 0 radical (unpaired) electrons. The molecule has 2 rings (SSSR count). The van der Waals surface area contributed by atoms with Gasteiger partial charge in [-0.2, -0.15) is 0 Å². The summed E-state index contributed by atoms with van der Waals surface area (Å²) >= 11 is 9.52. The van der Waals surface area contributed by atoms with E-state index in [9.17, 15) is 0 Å². The van der Waals surface area contributed by atoms with Gasteiger partial charge in [0.1, 0.15) is 0 Å². The van der Waals surface area contributed by atoms with E-state index < -0.39 is 0 Å². The molecule has 0 amide bonds. The number of hydrogen-bond donors (Lipinski definition) is 1. The van der Waals surface area contributed by atoms with Crippen LogP contribution in [0, 0.1) is 0 Å². The summed E-state index contributed by atoms with van der Waals surface area (Å²) in [5, 5.41) is 3.94. The van der Waals surface area contributed by atoms with Gasteiger partial charge in [-0.15, -0.1) is 0 Å². The van der Waals surface area contributed by atoms with Crippen LogP contribution in [0.15, 0.2) is 41.0 Å². The van der Waals surface area contributed by atoms with Crippen molar-refractivity contribution in [2.75, 3.05) is 12.4 Å². The minimum Gasteiger partial charge on any atom is -0.481 e. The molecule has 0 fully saturated rings. The second-order valence-corrected chi connectivity index (χ2v) is 4.97. The van der Waals surface area contributed by atoms with E-state index in [-0.39, 0.29) is 0 Å². The van der Waals surface area contributed by atoms with E-state index >= 15 is 0 Å². The SMILES string of the molecule is COc1ncccc1CNc1cc(Br)ccc1Cl. The van der Waals surface area contributed by atoms with Crippen LogP contribution in [0.25, 0.3) is 0 Å². The Kier molecular flexibility index (Phi) is 4.44.